The number of aromatic nitrogens is 3. The fourth-order valence-electron chi connectivity index (χ4n) is 2.30. The Balaban J connectivity index is 1.85. The van der Waals surface area contributed by atoms with Gasteiger partial charge in [-0.1, -0.05) is 18.2 Å². The third kappa shape index (κ3) is 2.72. The molecule has 0 radical (unpaired) electrons. The molecule has 1 amide bonds. The van der Waals surface area contributed by atoms with Crippen molar-refractivity contribution in [2.75, 3.05) is 0 Å². The second kappa shape index (κ2) is 5.66. The lowest BCUT2D eigenvalue weighted by molar-refractivity contribution is 0.0940. The van der Waals surface area contributed by atoms with E-state index in [2.05, 4.69) is 15.4 Å². The quantitative estimate of drug-likeness (QED) is 0.771. The summed E-state index contributed by atoms with van der Waals surface area (Å²) < 4.78 is 1.80. The van der Waals surface area contributed by atoms with Gasteiger partial charge >= 0.3 is 0 Å². The summed E-state index contributed by atoms with van der Waals surface area (Å²) in [5, 5.41) is 7.26. The first kappa shape index (κ1) is 13.2. The summed E-state index contributed by atoms with van der Waals surface area (Å²) in [6, 6.07) is 11.4. The van der Waals surface area contributed by atoms with Gasteiger partial charge in [0.2, 0.25) is 0 Å². The molecule has 3 aromatic rings. The zero-order chi connectivity index (χ0) is 14.7. The van der Waals surface area contributed by atoms with E-state index < -0.39 is 0 Å². The number of para-hydroxylation sites is 1. The third-order valence-corrected chi connectivity index (χ3v) is 3.36. The maximum absolute atomic E-state index is 12.1. The Morgan fingerprint density at radius 1 is 1.29 bits per heavy atom. The van der Waals surface area contributed by atoms with Gasteiger partial charge in [-0.15, -0.1) is 0 Å². The molecular weight excluding hydrogens is 264 g/mol. The van der Waals surface area contributed by atoms with Crippen molar-refractivity contribution in [3.63, 3.8) is 0 Å². The van der Waals surface area contributed by atoms with Gasteiger partial charge in [0.1, 0.15) is 0 Å². The fraction of sp³-hybridized carbons (Fsp3) is 0.125. The molecule has 1 unspecified atom stereocenters. The van der Waals surface area contributed by atoms with E-state index in [1.165, 1.54) is 0 Å². The normalized spacial score (nSPS) is 12.0. The molecular formula is C16H16N4O. The van der Waals surface area contributed by atoms with Crippen molar-refractivity contribution in [1.29, 1.82) is 0 Å². The zero-order valence-corrected chi connectivity index (χ0v) is 11.7. The predicted molar refractivity (Wildman–Crippen MR) is 80.2 cm³/mol. The average molecular weight is 280 g/mol. The van der Waals surface area contributed by atoms with Crippen LogP contribution >= 0.6 is 0 Å². The molecule has 1 atom stereocenters. The van der Waals surface area contributed by atoms with Crippen LogP contribution in [0.5, 0.6) is 0 Å². The van der Waals surface area contributed by atoms with Gasteiger partial charge in [-0.05, 0) is 30.7 Å². The minimum atomic E-state index is -0.118. The van der Waals surface area contributed by atoms with Gasteiger partial charge in [-0.3, -0.25) is 4.79 Å². The first-order valence-corrected chi connectivity index (χ1v) is 6.78. The van der Waals surface area contributed by atoms with Crippen LogP contribution in [0.1, 0.15) is 28.9 Å². The van der Waals surface area contributed by atoms with Crippen molar-refractivity contribution < 1.29 is 4.79 Å². The van der Waals surface area contributed by atoms with E-state index in [1.807, 2.05) is 43.5 Å². The molecule has 2 aromatic heterocycles. The Morgan fingerprint density at radius 3 is 2.86 bits per heavy atom. The highest BCUT2D eigenvalue weighted by Gasteiger charge is 2.15. The highest BCUT2D eigenvalue weighted by atomic mass is 16.1. The minimum Gasteiger partial charge on any atom is -0.367 e. The molecule has 0 aliphatic carbocycles. The summed E-state index contributed by atoms with van der Waals surface area (Å²) in [7, 11) is 0. The monoisotopic (exact) mass is 280 g/mol. The molecule has 0 aliphatic heterocycles. The Morgan fingerprint density at radius 2 is 2.14 bits per heavy atom. The van der Waals surface area contributed by atoms with E-state index in [1.54, 1.807) is 29.3 Å². The first-order valence-electron chi connectivity index (χ1n) is 6.78. The molecule has 5 nitrogen and oxygen atoms in total. The van der Waals surface area contributed by atoms with Crippen molar-refractivity contribution in [1.82, 2.24) is 20.1 Å². The van der Waals surface area contributed by atoms with Crippen LogP contribution < -0.4 is 5.32 Å². The number of benzene rings is 1. The number of nitrogens with one attached hydrogen (secondary N) is 2. The largest absolute Gasteiger partial charge is 0.367 e. The Hall–Kier alpha value is -2.82. The molecule has 21 heavy (non-hydrogen) atoms. The molecule has 0 bridgehead atoms. The maximum atomic E-state index is 12.1. The van der Waals surface area contributed by atoms with Gasteiger partial charge in [0.05, 0.1) is 17.3 Å². The van der Waals surface area contributed by atoms with Gasteiger partial charge in [0.25, 0.3) is 5.91 Å². The van der Waals surface area contributed by atoms with Crippen molar-refractivity contribution in [3.05, 3.63) is 72.3 Å². The van der Waals surface area contributed by atoms with Crippen LogP contribution in [0.4, 0.5) is 0 Å². The molecule has 106 valence electrons. The van der Waals surface area contributed by atoms with Gasteiger partial charge in [0, 0.05) is 24.8 Å². The molecule has 0 saturated carbocycles. The van der Waals surface area contributed by atoms with Crippen molar-refractivity contribution in [2.45, 2.75) is 13.0 Å². The lowest BCUT2D eigenvalue weighted by Gasteiger charge is -2.17. The predicted octanol–water partition coefficient (Wildman–Crippen LogP) is 2.69. The number of carbonyl (C=O) groups excluding carboxylic acids is 1. The van der Waals surface area contributed by atoms with Crippen LogP contribution in [0.25, 0.3) is 5.69 Å². The van der Waals surface area contributed by atoms with E-state index in [-0.39, 0.29) is 11.9 Å². The number of H-pyrrole nitrogens is 1. The average Bonchev–Trinajstić information content (AvgIpc) is 3.20. The lowest BCUT2D eigenvalue weighted by atomic mass is 10.1. The fourth-order valence-corrected chi connectivity index (χ4v) is 2.30. The number of nitrogens with zero attached hydrogens (tertiary/aromatic N) is 2. The van der Waals surface area contributed by atoms with E-state index in [0.29, 0.717) is 5.56 Å². The molecule has 2 N–H and O–H groups in total. The molecule has 2 heterocycles. The van der Waals surface area contributed by atoms with Crippen molar-refractivity contribution >= 4 is 5.91 Å². The molecule has 0 saturated heterocycles. The summed E-state index contributed by atoms with van der Waals surface area (Å²) in [6.45, 7) is 1.97. The van der Waals surface area contributed by atoms with Crippen molar-refractivity contribution in [2.24, 2.45) is 0 Å². The van der Waals surface area contributed by atoms with Crippen LogP contribution in [0.2, 0.25) is 0 Å². The number of aromatic amines is 1. The van der Waals surface area contributed by atoms with Gasteiger partial charge in [-0.25, -0.2) is 4.68 Å². The van der Waals surface area contributed by atoms with E-state index >= 15 is 0 Å². The summed E-state index contributed by atoms with van der Waals surface area (Å²) in [4.78, 5) is 15.0. The summed E-state index contributed by atoms with van der Waals surface area (Å²) in [5.74, 6) is -0.0981. The maximum Gasteiger partial charge on any atom is 0.253 e. The smallest absolute Gasteiger partial charge is 0.253 e. The lowest BCUT2D eigenvalue weighted by Crippen LogP contribution is -2.27. The minimum absolute atomic E-state index is 0.0981. The van der Waals surface area contributed by atoms with Crippen LogP contribution in [0.15, 0.2) is 61.2 Å². The van der Waals surface area contributed by atoms with Crippen molar-refractivity contribution in [3.8, 4) is 5.69 Å². The number of hydrogen-bond donors (Lipinski definition) is 2. The summed E-state index contributed by atoms with van der Waals surface area (Å²) in [5.41, 5.74) is 2.60. The van der Waals surface area contributed by atoms with E-state index in [0.717, 1.165) is 11.3 Å². The molecule has 0 spiro atoms. The SMILES string of the molecule is CC(NC(=O)c1cc[nH]c1)c1ccccc1-n1cccn1. The molecule has 0 fully saturated rings. The van der Waals surface area contributed by atoms with E-state index in [9.17, 15) is 4.79 Å². The first-order chi connectivity index (χ1) is 10.3. The number of amides is 1. The number of hydrogen-bond acceptors (Lipinski definition) is 2. The Bertz CT molecular complexity index is 717. The highest BCUT2D eigenvalue weighted by molar-refractivity contribution is 5.94. The van der Waals surface area contributed by atoms with E-state index in [4.69, 9.17) is 0 Å². The van der Waals surface area contributed by atoms with Crippen LogP contribution in [0.3, 0.4) is 0 Å². The molecule has 0 aliphatic rings. The summed E-state index contributed by atoms with van der Waals surface area (Å²) >= 11 is 0. The van der Waals surface area contributed by atoms with Gasteiger partial charge in [0.15, 0.2) is 0 Å². The zero-order valence-electron chi connectivity index (χ0n) is 11.7. The standard InChI is InChI=1S/C16H16N4O/c1-12(19-16(21)13-7-9-17-11-13)14-5-2-3-6-15(14)20-10-4-8-18-20/h2-12,17H,1H3,(H,19,21). The van der Waals surface area contributed by atoms with Crippen LogP contribution in [-0.4, -0.2) is 20.7 Å². The van der Waals surface area contributed by atoms with Crippen LogP contribution in [0, 0.1) is 0 Å². The number of rotatable bonds is 4. The molecule has 3 rings (SSSR count). The molecule has 1 aromatic carbocycles. The second-order valence-corrected chi connectivity index (χ2v) is 4.80. The van der Waals surface area contributed by atoms with Gasteiger partial charge < -0.3 is 10.3 Å². The second-order valence-electron chi connectivity index (χ2n) is 4.80. The Labute approximate surface area is 122 Å². The van der Waals surface area contributed by atoms with Crippen LogP contribution in [-0.2, 0) is 0 Å². The third-order valence-electron chi connectivity index (χ3n) is 3.36. The topological polar surface area (TPSA) is 62.7 Å². The Kier molecular flexibility index (Phi) is 3.55. The van der Waals surface area contributed by atoms with Gasteiger partial charge in [-0.2, -0.15) is 5.10 Å². The number of carbonyl (C=O) groups is 1. The summed E-state index contributed by atoms with van der Waals surface area (Å²) in [6.07, 6.45) is 7.04. The highest BCUT2D eigenvalue weighted by Crippen LogP contribution is 2.21. The molecule has 5 heteroatoms.